The summed E-state index contributed by atoms with van der Waals surface area (Å²) in [5, 5.41) is 0.854. The summed E-state index contributed by atoms with van der Waals surface area (Å²) >= 11 is 0. The number of fused-ring (bicyclic) bond motifs is 1. The van der Waals surface area contributed by atoms with Crippen molar-refractivity contribution in [1.82, 2.24) is 4.98 Å². The molecule has 16 heavy (non-hydrogen) atoms. The molecule has 2 aromatic rings. The van der Waals surface area contributed by atoms with Gasteiger partial charge in [0.15, 0.2) is 5.69 Å². The highest BCUT2D eigenvalue weighted by Crippen LogP contribution is 2.23. The Labute approximate surface area is 93.0 Å². The Balaban J connectivity index is 2.75. The van der Waals surface area contributed by atoms with Gasteiger partial charge in [-0.3, -0.25) is 0 Å². The maximum Gasteiger partial charge on any atom is 0.356 e. The summed E-state index contributed by atoms with van der Waals surface area (Å²) in [6, 6.07) is 7.25. The standard InChI is InChI=1S/C12H12N2O2/c1-7-4-3-5-8-9(13)6-10(12(15)16-2)14-11(7)8/h3-6H,1-2H3,(H2,13,14). The topological polar surface area (TPSA) is 65.2 Å². The summed E-state index contributed by atoms with van der Waals surface area (Å²) in [5.41, 5.74) is 8.36. The quantitative estimate of drug-likeness (QED) is 0.739. The Morgan fingerprint density at radius 2 is 2.19 bits per heavy atom. The van der Waals surface area contributed by atoms with Crippen molar-refractivity contribution in [3.8, 4) is 0 Å². The second kappa shape index (κ2) is 3.81. The normalized spacial score (nSPS) is 10.4. The average molecular weight is 216 g/mol. The van der Waals surface area contributed by atoms with Crippen LogP contribution < -0.4 is 5.73 Å². The van der Waals surface area contributed by atoms with Gasteiger partial charge in [-0.1, -0.05) is 18.2 Å². The molecule has 2 N–H and O–H groups in total. The van der Waals surface area contributed by atoms with Crippen LogP contribution in [0.1, 0.15) is 16.1 Å². The third-order valence-corrected chi connectivity index (χ3v) is 2.47. The largest absolute Gasteiger partial charge is 0.464 e. The van der Waals surface area contributed by atoms with Crippen LogP contribution in [-0.4, -0.2) is 18.1 Å². The van der Waals surface area contributed by atoms with Crippen LogP contribution in [0.3, 0.4) is 0 Å². The minimum Gasteiger partial charge on any atom is -0.464 e. The fraction of sp³-hybridized carbons (Fsp3) is 0.167. The maximum atomic E-state index is 11.4. The monoisotopic (exact) mass is 216 g/mol. The van der Waals surface area contributed by atoms with E-state index in [1.54, 1.807) is 0 Å². The number of para-hydroxylation sites is 1. The molecule has 0 amide bonds. The van der Waals surface area contributed by atoms with Crippen molar-refractivity contribution < 1.29 is 9.53 Å². The lowest BCUT2D eigenvalue weighted by molar-refractivity contribution is 0.0594. The van der Waals surface area contributed by atoms with E-state index >= 15 is 0 Å². The molecule has 0 spiro atoms. The second-order valence-electron chi connectivity index (χ2n) is 3.56. The van der Waals surface area contributed by atoms with Crippen LogP contribution in [0.25, 0.3) is 10.9 Å². The molecule has 0 aliphatic heterocycles. The average Bonchev–Trinajstić information content (AvgIpc) is 2.29. The van der Waals surface area contributed by atoms with Crippen molar-refractivity contribution in [3.05, 3.63) is 35.5 Å². The highest BCUT2D eigenvalue weighted by atomic mass is 16.5. The zero-order valence-corrected chi connectivity index (χ0v) is 9.15. The Morgan fingerprint density at radius 3 is 2.88 bits per heavy atom. The Bertz CT molecular complexity index is 564. The van der Waals surface area contributed by atoms with Gasteiger partial charge in [-0.05, 0) is 18.6 Å². The van der Waals surface area contributed by atoms with Gasteiger partial charge < -0.3 is 10.5 Å². The predicted octanol–water partition coefficient (Wildman–Crippen LogP) is 1.91. The highest BCUT2D eigenvalue weighted by molar-refractivity contribution is 5.97. The first kappa shape index (κ1) is 10.4. The van der Waals surface area contributed by atoms with Gasteiger partial charge in [-0.15, -0.1) is 0 Å². The number of nitrogens with zero attached hydrogens (tertiary/aromatic N) is 1. The Hall–Kier alpha value is -2.10. The molecular formula is C12H12N2O2. The van der Waals surface area contributed by atoms with E-state index < -0.39 is 5.97 Å². The van der Waals surface area contributed by atoms with Crippen molar-refractivity contribution in [2.45, 2.75) is 6.92 Å². The third-order valence-electron chi connectivity index (χ3n) is 2.47. The van der Waals surface area contributed by atoms with E-state index in [4.69, 9.17) is 5.73 Å². The van der Waals surface area contributed by atoms with Crippen LogP contribution in [0, 0.1) is 6.92 Å². The molecule has 0 atom stereocenters. The van der Waals surface area contributed by atoms with Crippen molar-refractivity contribution in [1.29, 1.82) is 0 Å². The lowest BCUT2D eigenvalue weighted by Gasteiger charge is -2.06. The van der Waals surface area contributed by atoms with Gasteiger partial charge in [0.1, 0.15) is 0 Å². The number of rotatable bonds is 1. The van der Waals surface area contributed by atoms with Crippen LogP contribution in [0.15, 0.2) is 24.3 Å². The zero-order chi connectivity index (χ0) is 11.7. The fourth-order valence-electron chi connectivity index (χ4n) is 1.63. The van der Waals surface area contributed by atoms with E-state index in [9.17, 15) is 4.79 Å². The molecule has 1 aromatic carbocycles. The summed E-state index contributed by atoms with van der Waals surface area (Å²) in [4.78, 5) is 15.6. The van der Waals surface area contributed by atoms with E-state index in [1.807, 2.05) is 25.1 Å². The number of methoxy groups -OCH3 is 1. The van der Waals surface area contributed by atoms with Crippen LogP contribution in [0.4, 0.5) is 5.69 Å². The van der Waals surface area contributed by atoms with Gasteiger partial charge >= 0.3 is 5.97 Å². The number of anilines is 1. The SMILES string of the molecule is COC(=O)c1cc(N)c2cccc(C)c2n1. The second-order valence-corrected chi connectivity index (χ2v) is 3.56. The smallest absolute Gasteiger partial charge is 0.356 e. The van der Waals surface area contributed by atoms with Crippen LogP contribution >= 0.6 is 0 Å². The minimum absolute atomic E-state index is 0.238. The Kier molecular flexibility index (Phi) is 2.48. The van der Waals surface area contributed by atoms with Gasteiger partial charge in [-0.25, -0.2) is 9.78 Å². The number of carbonyl (C=O) groups excluding carboxylic acids is 1. The van der Waals surface area contributed by atoms with Crippen molar-refractivity contribution in [2.24, 2.45) is 0 Å². The van der Waals surface area contributed by atoms with Crippen molar-refractivity contribution in [3.63, 3.8) is 0 Å². The molecular weight excluding hydrogens is 204 g/mol. The van der Waals surface area contributed by atoms with E-state index in [1.165, 1.54) is 13.2 Å². The highest BCUT2D eigenvalue weighted by Gasteiger charge is 2.11. The van der Waals surface area contributed by atoms with E-state index in [2.05, 4.69) is 9.72 Å². The molecule has 1 heterocycles. The molecule has 2 rings (SSSR count). The van der Waals surface area contributed by atoms with Crippen molar-refractivity contribution in [2.75, 3.05) is 12.8 Å². The summed E-state index contributed by atoms with van der Waals surface area (Å²) in [6.07, 6.45) is 0. The molecule has 0 bridgehead atoms. The number of aromatic nitrogens is 1. The van der Waals surface area contributed by atoms with Crippen LogP contribution in [-0.2, 0) is 4.74 Å². The number of hydrogen-bond donors (Lipinski definition) is 1. The van der Waals surface area contributed by atoms with Gasteiger partial charge in [0, 0.05) is 11.1 Å². The number of aryl methyl sites for hydroxylation is 1. The number of carbonyl (C=O) groups is 1. The molecule has 0 aliphatic rings. The Morgan fingerprint density at radius 1 is 1.44 bits per heavy atom. The fourth-order valence-corrected chi connectivity index (χ4v) is 1.63. The van der Waals surface area contributed by atoms with Crippen LogP contribution in [0.2, 0.25) is 0 Å². The number of nitrogens with two attached hydrogens (primary N) is 1. The number of ether oxygens (including phenoxy) is 1. The zero-order valence-electron chi connectivity index (χ0n) is 9.15. The molecule has 0 saturated heterocycles. The molecule has 0 fully saturated rings. The molecule has 0 saturated carbocycles. The molecule has 4 heteroatoms. The number of hydrogen-bond acceptors (Lipinski definition) is 4. The number of benzene rings is 1. The van der Waals surface area contributed by atoms with Gasteiger partial charge in [0.05, 0.1) is 12.6 Å². The molecule has 4 nitrogen and oxygen atoms in total. The first-order valence-electron chi connectivity index (χ1n) is 4.87. The molecule has 0 radical (unpaired) electrons. The van der Waals surface area contributed by atoms with Gasteiger partial charge in [0.2, 0.25) is 0 Å². The summed E-state index contributed by atoms with van der Waals surface area (Å²) in [7, 11) is 1.32. The van der Waals surface area contributed by atoms with Crippen molar-refractivity contribution >= 4 is 22.6 Å². The first-order valence-corrected chi connectivity index (χ1v) is 4.87. The maximum absolute atomic E-state index is 11.4. The van der Waals surface area contributed by atoms with Gasteiger partial charge in [0.25, 0.3) is 0 Å². The minimum atomic E-state index is -0.475. The summed E-state index contributed by atoms with van der Waals surface area (Å²) < 4.78 is 4.62. The number of esters is 1. The lowest BCUT2D eigenvalue weighted by atomic mass is 10.1. The van der Waals surface area contributed by atoms with Crippen LogP contribution in [0.5, 0.6) is 0 Å². The molecule has 0 aliphatic carbocycles. The van der Waals surface area contributed by atoms with Gasteiger partial charge in [-0.2, -0.15) is 0 Å². The number of nitrogen functional groups attached to an aromatic ring is 1. The van der Waals surface area contributed by atoms with E-state index in [0.717, 1.165) is 16.5 Å². The summed E-state index contributed by atoms with van der Waals surface area (Å²) in [5.74, 6) is -0.475. The molecule has 0 unspecified atom stereocenters. The third kappa shape index (κ3) is 1.58. The van der Waals surface area contributed by atoms with E-state index in [0.29, 0.717) is 5.69 Å². The summed E-state index contributed by atoms with van der Waals surface area (Å²) in [6.45, 7) is 1.93. The first-order chi connectivity index (χ1) is 7.63. The van der Waals surface area contributed by atoms with E-state index in [-0.39, 0.29) is 5.69 Å². The lowest BCUT2D eigenvalue weighted by Crippen LogP contribution is -2.06. The molecule has 82 valence electrons. The molecule has 1 aromatic heterocycles. The number of pyridine rings is 1. The predicted molar refractivity (Wildman–Crippen MR) is 62.2 cm³/mol.